The number of hydrogen-bond donors (Lipinski definition) is 1. The van der Waals surface area contributed by atoms with Gasteiger partial charge in [0, 0.05) is 17.6 Å². The molecular weight excluding hydrogens is 216 g/mol. The molecule has 0 aliphatic heterocycles. The van der Waals surface area contributed by atoms with Gasteiger partial charge in [-0.25, -0.2) is 4.98 Å². The van der Waals surface area contributed by atoms with Gasteiger partial charge in [0.05, 0.1) is 5.54 Å². The van der Waals surface area contributed by atoms with E-state index in [4.69, 9.17) is 0 Å². The fourth-order valence-electron chi connectivity index (χ4n) is 2.10. The first kappa shape index (κ1) is 13.7. The zero-order chi connectivity index (χ0) is 12.0. The SMILES string of the molecule is CCCCCC(C)(NC(C)C)c1nccs1. The molecule has 0 aromatic carbocycles. The lowest BCUT2D eigenvalue weighted by atomic mass is 9.94. The first-order valence-corrected chi connectivity index (χ1v) is 7.14. The van der Waals surface area contributed by atoms with E-state index in [-0.39, 0.29) is 5.54 Å². The average Bonchev–Trinajstić information content (AvgIpc) is 2.70. The topological polar surface area (TPSA) is 24.9 Å². The van der Waals surface area contributed by atoms with Crippen LogP contribution in [0.15, 0.2) is 11.6 Å². The van der Waals surface area contributed by atoms with Gasteiger partial charge in [-0.3, -0.25) is 0 Å². The summed E-state index contributed by atoms with van der Waals surface area (Å²) in [6, 6.07) is 0.496. The van der Waals surface area contributed by atoms with Gasteiger partial charge in [-0.1, -0.05) is 26.2 Å². The zero-order valence-corrected chi connectivity index (χ0v) is 11.7. The molecule has 0 radical (unpaired) electrons. The van der Waals surface area contributed by atoms with E-state index in [1.807, 2.05) is 6.20 Å². The number of nitrogens with zero attached hydrogens (tertiary/aromatic N) is 1. The normalized spacial score (nSPS) is 15.3. The summed E-state index contributed by atoms with van der Waals surface area (Å²) in [7, 11) is 0. The number of thiazole rings is 1. The lowest BCUT2D eigenvalue weighted by Crippen LogP contribution is -2.43. The van der Waals surface area contributed by atoms with Crippen LogP contribution in [0, 0.1) is 0 Å². The number of unbranched alkanes of at least 4 members (excludes halogenated alkanes) is 2. The van der Waals surface area contributed by atoms with E-state index in [9.17, 15) is 0 Å². The highest BCUT2D eigenvalue weighted by Crippen LogP contribution is 2.29. The summed E-state index contributed by atoms with van der Waals surface area (Å²) in [6.07, 6.45) is 6.93. The molecule has 1 aromatic rings. The van der Waals surface area contributed by atoms with E-state index in [1.165, 1.54) is 30.7 Å². The first-order valence-electron chi connectivity index (χ1n) is 6.26. The number of hydrogen-bond acceptors (Lipinski definition) is 3. The van der Waals surface area contributed by atoms with Crippen molar-refractivity contribution in [3.63, 3.8) is 0 Å². The van der Waals surface area contributed by atoms with Crippen molar-refractivity contribution < 1.29 is 0 Å². The molecule has 1 atom stereocenters. The second-order valence-corrected chi connectivity index (χ2v) is 5.82. The number of nitrogens with one attached hydrogen (secondary N) is 1. The standard InChI is InChI=1S/C13H24N2S/c1-5-6-7-8-13(4,15-11(2)3)12-14-9-10-16-12/h9-11,15H,5-8H2,1-4H3. The second kappa shape index (κ2) is 6.36. The lowest BCUT2D eigenvalue weighted by Gasteiger charge is -2.31. The minimum Gasteiger partial charge on any atom is -0.303 e. The molecule has 92 valence electrons. The Morgan fingerprint density at radius 3 is 2.69 bits per heavy atom. The van der Waals surface area contributed by atoms with Gasteiger partial charge in [0.1, 0.15) is 5.01 Å². The summed E-state index contributed by atoms with van der Waals surface area (Å²) < 4.78 is 0. The third-order valence-corrected chi connectivity index (χ3v) is 3.83. The van der Waals surface area contributed by atoms with Crippen molar-refractivity contribution in [1.82, 2.24) is 10.3 Å². The van der Waals surface area contributed by atoms with Crippen LogP contribution in [-0.2, 0) is 5.54 Å². The molecule has 1 heterocycles. The number of aromatic nitrogens is 1. The molecular formula is C13H24N2S. The monoisotopic (exact) mass is 240 g/mol. The Kier molecular flexibility index (Phi) is 5.42. The zero-order valence-electron chi connectivity index (χ0n) is 10.9. The molecule has 1 aromatic heterocycles. The molecule has 0 saturated carbocycles. The van der Waals surface area contributed by atoms with E-state index in [1.54, 1.807) is 11.3 Å². The maximum Gasteiger partial charge on any atom is 0.112 e. The minimum absolute atomic E-state index is 0.0531. The van der Waals surface area contributed by atoms with E-state index >= 15 is 0 Å². The van der Waals surface area contributed by atoms with E-state index in [2.05, 4.69) is 43.4 Å². The van der Waals surface area contributed by atoms with Gasteiger partial charge in [0.15, 0.2) is 0 Å². The quantitative estimate of drug-likeness (QED) is 0.730. The Hall–Kier alpha value is -0.410. The van der Waals surface area contributed by atoms with Crippen LogP contribution >= 0.6 is 11.3 Å². The largest absolute Gasteiger partial charge is 0.303 e. The minimum atomic E-state index is 0.0531. The highest BCUT2D eigenvalue weighted by molar-refractivity contribution is 7.09. The average molecular weight is 240 g/mol. The Balaban J connectivity index is 2.68. The van der Waals surface area contributed by atoms with E-state index in [0.717, 1.165) is 0 Å². The van der Waals surface area contributed by atoms with E-state index in [0.29, 0.717) is 6.04 Å². The molecule has 1 unspecified atom stereocenters. The number of rotatable bonds is 7. The van der Waals surface area contributed by atoms with Crippen molar-refractivity contribution in [2.45, 2.75) is 65.0 Å². The van der Waals surface area contributed by atoms with Crippen LogP contribution in [0.3, 0.4) is 0 Å². The summed E-state index contributed by atoms with van der Waals surface area (Å²) in [5.74, 6) is 0. The van der Waals surface area contributed by atoms with Gasteiger partial charge < -0.3 is 5.32 Å². The van der Waals surface area contributed by atoms with Gasteiger partial charge in [-0.2, -0.15) is 0 Å². The van der Waals surface area contributed by atoms with E-state index < -0.39 is 0 Å². The van der Waals surface area contributed by atoms with Crippen LogP contribution in [0.2, 0.25) is 0 Å². The van der Waals surface area contributed by atoms with Crippen LogP contribution in [0.25, 0.3) is 0 Å². The summed E-state index contributed by atoms with van der Waals surface area (Å²) in [6.45, 7) is 8.93. The smallest absolute Gasteiger partial charge is 0.112 e. The molecule has 0 saturated heterocycles. The molecule has 16 heavy (non-hydrogen) atoms. The maximum atomic E-state index is 4.48. The third-order valence-electron chi connectivity index (χ3n) is 2.79. The van der Waals surface area contributed by atoms with Crippen molar-refractivity contribution >= 4 is 11.3 Å². The van der Waals surface area contributed by atoms with Crippen LogP contribution < -0.4 is 5.32 Å². The van der Waals surface area contributed by atoms with Crippen molar-refractivity contribution in [2.75, 3.05) is 0 Å². The van der Waals surface area contributed by atoms with Gasteiger partial charge in [-0.05, 0) is 27.2 Å². The Labute approximate surface area is 103 Å². The van der Waals surface area contributed by atoms with Crippen LogP contribution in [0.4, 0.5) is 0 Å². The molecule has 3 heteroatoms. The maximum absolute atomic E-state index is 4.48. The predicted molar refractivity (Wildman–Crippen MR) is 71.9 cm³/mol. The molecule has 0 amide bonds. The fraction of sp³-hybridized carbons (Fsp3) is 0.769. The summed E-state index contributed by atoms with van der Waals surface area (Å²) >= 11 is 1.76. The van der Waals surface area contributed by atoms with Crippen molar-refractivity contribution in [3.8, 4) is 0 Å². The third kappa shape index (κ3) is 3.87. The molecule has 1 rings (SSSR count). The van der Waals surface area contributed by atoms with Gasteiger partial charge in [-0.15, -0.1) is 11.3 Å². The summed E-state index contributed by atoms with van der Waals surface area (Å²) in [5.41, 5.74) is 0.0531. The summed E-state index contributed by atoms with van der Waals surface area (Å²) in [5, 5.41) is 6.95. The Morgan fingerprint density at radius 1 is 1.44 bits per heavy atom. The van der Waals surface area contributed by atoms with Crippen LogP contribution in [0.5, 0.6) is 0 Å². The molecule has 0 bridgehead atoms. The van der Waals surface area contributed by atoms with Crippen LogP contribution in [-0.4, -0.2) is 11.0 Å². The predicted octanol–water partition coefficient (Wildman–Crippen LogP) is 3.94. The Bertz CT molecular complexity index is 282. The molecule has 0 fully saturated rings. The summed E-state index contributed by atoms with van der Waals surface area (Å²) in [4.78, 5) is 4.48. The van der Waals surface area contributed by atoms with Gasteiger partial charge in [0.2, 0.25) is 0 Å². The fourth-order valence-corrected chi connectivity index (χ4v) is 2.90. The Morgan fingerprint density at radius 2 is 2.19 bits per heavy atom. The molecule has 0 spiro atoms. The highest BCUT2D eigenvalue weighted by atomic mass is 32.1. The van der Waals surface area contributed by atoms with Gasteiger partial charge in [0.25, 0.3) is 0 Å². The van der Waals surface area contributed by atoms with Crippen LogP contribution in [0.1, 0.15) is 58.4 Å². The molecule has 1 N–H and O–H groups in total. The second-order valence-electron chi connectivity index (χ2n) is 4.93. The molecule has 2 nitrogen and oxygen atoms in total. The molecule has 0 aliphatic carbocycles. The first-order chi connectivity index (χ1) is 7.58. The van der Waals surface area contributed by atoms with Crippen molar-refractivity contribution in [3.05, 3.63) is 16.6 Å². The van der Waals surface area contributed by atoms with Crippen molar-refractivity contribution in [2.24, 2.45) is 0 Å². The lowest BCUT2D eigenvalue weighted by molar-refractivity contribution is 0.300. The van der Waals surface area contributed by atoms with Crippen molar-refractivity contribution in [1.29, 1.82) is 0 Å². The molecule has 0 aliphatic rings. The van der Waals surface area contributed by atoms with Gasteiger partial charge >= 0.3 is 0 Å². The highest BCUT2D eigenvalue weighted by Gasteiger charge is 2.28.